The van der Waals surface area contributed by atoms with Gasteiger partial charge in [-0.25, -0.2) is 4.68 Å². The van der Waals surface area contributed by atoms with E-state index >= 15 is 0 Å². The standard InChI is InChI=1S/C25H23BrClN3O3/c1-16-12-20(8-11-23(16)26)30-25(32)22(15-29(30)14-17-4-3-5-18(27)13-17)24(31)28-19-6-9-21(33-2)10-7-19/h3-11,13,15-16H,12,14H2,1-2H3,(H,28,31). The van der Waals surface area contributed by atoms with Crippen molar-refractivity contribution in [2.24, 2.45) is 5.92 Å². The quantitative estimate of drug-likeness (QED) is 0.442. The first-order chi connectivity index (χ1) is 15.9. The smallest absolute Gasteiger partial charge is 0.283 e. The number of anilines is 1. The summed E-state index contributed by atoms with van der Waals surface area (Å²) in [6.45, 7) is 2.47. The Morgan fingerprint density at radius 2 is 1.97 bits per heavy atom. The second-order valence-corrected chi connectivity index (χ2v) is 9.24. The van der Waals surface area contributed by atoms with Gasteiger partial charge in [-0.1, -0.05) is 46.6 Å². The van der Waals surface area contributed by atoms with Crippen LogP contribution in [0.1, 0.15) is 29.3 Å². The van der Waals surface area contributed by atoms with Crippen molar-refractivity contribution in [3.05, 3.63) is 97.9 Å². The van der Waals surface area contributed by atoms with Crippen molar-refractivity contribution in [2.45, 2.75) is 19.9 Å². The molecule has 4 rings (SSSR count). The average molecular weight is 529 g/mol. The third-order valence-electron chi connectivity index (χ3n) is 5.48. The van der Waals surface area contributed by atoms with Crippen LogP contribution in [-0.4, -0.2) is 22.4 Å². The van der Waals surface area contributed by atoms with Gasteiger partial charge in [0.15, 0.2) is 0 Å². The van der Waals surface area contributed by atoms with E-state index in [0.717, 1.165) is 15.7 Å². The molecule has 170 valence electrons. The summed E-state index contributed by atoms with van der Waals surface area (Å²) in [6, 6.07) is 14.4. The molecule has 0 spiro atoms. The van der Waals surface area contributed by atoms with Crippen LogP contribution in [0.15, 0.2) is 76.2 Å². The summed E-state index contributed by atoms with van der Waals surface area (Å²) in [6.07, 6.45) is 6.12. The predicted octanol–water partition coefficient (Wildman–Crippen LogP) is 5.77. The lowest BCUT2D eigenvalue weighted by Gasteiger charge is -2.21. The zero-order valence-corrected chi connectivity index (χ0v) is 20.6. The van der Waals surface area contributed by atoms with E-state index in [1.807, 2.05) is 30.4 Å². The molecular formula is C25H23BrClN3O3. The number of carbonyl (C=O) groups is 1. The molecule has 1 N–H and O–H groups in total. The van der Waals surface area contributed by atoms with Crippen molar-refractivity contribution in [3.63, 3.8) is 0 Å². The van der Waals surface area contributed by atoms with Crippen LogP contribution in [0.4, 0.5) is 5.69 Å². The van der Waals surface area contributed by atoms with Crippen LogP contribution in [-0.2, 0) is 6.54 Å². The molecule has 3 aromatic rings. The second-order valence-electron chi connectivity index (χ2n) is 7.88. The average Bonchev–Trinajstić information content (AvgIpc) is 3.12. The molecule has 0 fully saturated rings. The fourth-order valence-electron chi connectivity index (χ4n) is 3.73. The molecule has 1 atom stereocenters. The number of hydrogen-bond donors (Lipinski definition) is 1. The van der Waals surface area contributed by atoms with Gasteiger partial charge in [-0.3, -0.25) is 14.3 Å². The number of nitrogens with zero attached hydrogens (tertiary/aromatic N) is 2. The first-order valence-corrected chi connectivity index (χ1v) is 11.6. The number of benzene rings is 2. The fourth-order valence-corrected chi connectivity index (χ4v) is 4.24. The van der Waals surface area contributed by atoms with E-state index in [2.05, 4.69) is 28.2 Å². The molecule has 1 aliphatic carbocycles. The van der Waals surface area contributed by atoms with Crippen molar-refractivity contribution in [1.29, 1.82) is 0 Å². The Morgan fingerprint density at radius 3 is 2.64 bits per heavy atom. The van der Waals surface area contributed by atoms with Crippen LogP contribution >= 0.6 is 27.5 Å². The van der Waals surface area contributed by atoms with Gasteiger partial charge in [-0.2, -0.15) is 0 Å². The molecule has 0 saturated heterocycles. The number of amides is 1. The molecule has 0 radical (unpaired) electrons. The van der Waals surface area contributed by atoms with E-state index in [0.29, 0.717) is 29.4 Å². The minimum absolute atomic E-state index is 0.0648. The van der Waals surface area contributed by atoms with Gasteiger partial charge in [0.25, 0.3) is 11.5 Å². The number of aromatic nitrogens is 2. The molecular weight excluding hydrogens is 506 g/mol. The normalized spacial score (nSPS) is 15.6. The van der Waals surface area contributed by atoms with Gasteiger partial charge in [0, 0.05) is 22.6 Å². The Morgan fingerprint density at radius 1 is 1.21 bits per heavy atom. The number of carbonyl (C=O) groups excluding carboxylic acids is 1. The molecule has 6 nitrogen and oxygen atoms in total. The van der Waals surface area contributed by atoms with Gasteiger partial charge in [0.2, 0.25) is 0 Å². The molecule has 1 aliphatic rings. The zero-order valence-electron chi connectivity index (χ0n) is 18.2. The number of methoxy groups -OCH3 is 1. The number of ether oxygens (including phenoxy) is 1. The predicted molar refractivity (Wildman–Crippen MR) is 135 cm³/mol. The second kappa shape index (κ2) is 9.85. The minimum atomic E-state index is -0.468. The summed E-state index contributed by atoms with van der Waals surface area (Å²) in [7, 11) is 1.58. The molecule has 2 aromatic carbocycles. The Kier molecular flexibility index (Phi) is 6.91. The fraction of sp³-hybridized carbons (Fsp3) is 0.200. The summed E-state index contributed by atoms with van der Waals surface area (Å²) in [5.41, 5.74) is 2.02. The van der Waals surface area contributed by atoms with Crippen molar-refractivity contribution in [3.8, 4) is 5.75 Å². The Hall–Kier alpha value is -3.03. The first-order valence-electron chi connectivity index (χ1n) is 10.4. The van der Waals surface area contributed by atoms with E-state index in [1.54, 1.807) is 53.0 Å². The van der Waals surface area contributed by atoms with Crippen LogP contribution in [0.3, 0.4) is 0 Å². The maximum Gasteiger partial charge on any atom is 0.283 e. The molecule has 8 heteroatoms. The topological polar surface area (TPSA) is 65.3 Å². The van der Waals surface area contributed by atoms with E-state index in [1.165, 1.54) is 0 Å². The summed E-state index contributed by atoms with van der Waals surface area (Å²) < 4.78 is 9.57. The van der Waals surface area contributed by atoms with Crippen molar-refractivity contribution < 1.29 is 9.53 Å². The van der Waals surface area contributed by atoms with E-state index in [9.17, 15) is 9.59 Å². The third-order valence-corrected chi connectivity index (χ3v) is 6.76. The summed E-state index contributed by atoms with van der Waals surface area (Å²) in [5, 5.41) is 3.42. The molecule has 1 amide bonds. The van der Waals surface area contributed by atoms with E-state index in [-0.39, 0.29) is 17.0 Å². The maximum atomic E-state index is 13.4. The number of nitrogens with one attached hydrogen (secondary N) is 1. The number of rotatable bonds is 6. The molecule has 1 unspecified atom stereocenters. The molecule has 33 heavy (non-hydrogen) atoms. The number of allylic oxidation sites excluding steroid dienone is 4. The van der Waals surface area contributed by atoms with Gasteiger partial charge in [-0.15, -0.1) is 0 Å². The monoisotopic (exact) mass is 527 g/mol. The summed E-state index contributed by atoms with van der Waals surface area (Å²) >= 11 is 9.72. The molecule has 0 bridgehead atoms. The number of halogens is 2. The Labute approximate surface area is 205 Å². The highest BCUT2D eigenvalue weighted by atomic mass is 79.9. The lowest BCUT2D eigenvalue weighted by atomic mass is 10.0. The van der Waals surface area contributed by atoms with Gasteiger partial charge >= 0.3 is 0 Å². The summed E-state index contributed by atoms with van der Waals surface area (Å²) in [4.78, 5) is 26.5. The van der Waals surface area contributed by atoms with Crippen LogP contribution in [0.25, 0.3) is 5.70 Å². The lowest BCUT2D eigenvalue weighted by Crippen LogP contribution is -2.28. The van der Waals surface area contributed by atoms with Gasteiger partial charge in [0.1, 0.15) is 11.3 Å². The van der Waals surface area contributed by atoms with E-state index < -0.39 is 5.91 Å². The van der Waals surface area contributed by atoms with E-state index in [4.69, 9.17) is 16.3 Å². The zero-order chi connectivity index (χ0) is 23.5. The van der Waals surface area contributed by atoms with Gasteiger partial charge in [-0.05, 0) is 70.9 Å². The largest absolute Gasteiger partial charge is 0.497 e. The minimum Gasteiger partial charge on any atom is -0.497 e. The Balaban J connectivity index is 1.72. The van der Waals surface area contributed by atoms with Crippen LogP contribution < -0.4 is 15.6 Å². The first kappa shape index (κ1) is 23.1. The van der Waals surface area contributed by atoms with Crippen molar-refractivity contribution in [2.75, 3.05) is 12.4 Å². The van der Waals surface area contributed by atoms with Crippen molar-refractivity contribution in [1.82, 2.24) is 9.36 Å². The third kappa shape index (κ3) is 5.15. The van der Waals surface area contributed by atoms with Crippen LogP contribution in [0.5, 0.6) is 5.75 Å². The Bertz CT molecular complexity index is 1310. The van der Waals surface area contributed by atoms with Crippen LogP contribution in [0.2, 0.25) is 5.02 Å². The highest BCUT2D eigenvalue weighted by Gasteiger charge is 2.23. The number of hydrogen-bond acceptors (Lipinski definition) is 3. The highest BCUT2D eigenvalue weighted by Crippen LogP contribution is 2.30. The van der Waals surface area contributed by atoms with Gasteiger partial charge < -0.3 is 10.1 Å². The lowest BCUT2D eigenvalue weighted by molar-refractivity contribution is 0.102. The molecule has 1 aromatic heterocycles. The SMILES string of the molecule is COc1ccc(NC(=O)c2cn(Cc3cccc(Cl)c3)n(C3=CC=C(Br)C(C)C3)c2=O)cc1. The molecule has 1 heterocycles. The highest BCUT2D eigenvalue weighted by molar-refractivity contribution is 9.11. The molecule has 0 aliphatic heterocycles. The van der Waals surface area contributed by atoms with Crippen molar-refractivity contribution >= 4 is 44.8 Å². The maximum absolute atomic E-state index is 13.4. The van der Waals surface area contributed by atoms with Gasteiger partial charge in [0.05, 0.1) is 13.7 Å². The summed E-state index contributed by atoms with van der Waals surface area (Å²) in [5.74, 6) is 0.438. The molecule has 0 saturated carbocycles. The van der Waals surface area contributed by atoms with Crippen LogP contribution in [0, 0.1) is 5.92 Å².